The van der Waals surface area contributed by atoms with Gasteiger partial charge < -0.3 is 10.1 Å². The highest BCUT2D eigenvalue weighted by molar-refractivity contribution is 7.92. The Kier molecular flexibility index (Phi) is 6.97. The second-order valence-electron chi connectivity index (χ2n) is 6.64. The number of amides is 1. The number of halogens is 1. The van der Waals surface area contributed by atoms with Gasteiger partial charge in [0.1, 0.15) is 12.4 Å². The van der Waals surface area contributed by atoms with Gasteiger partial charge in [0.2, 0.25) is 0 Å². The molecule has 3 aromatic carbocycles. The number of sulfonamides is 1. The lowest BCUT2D eigenvalue weighted by atomic mass is 10.2. The van der Waals surface area contributed by atoms with Crippen molar-refractivity contribution in [2.75, 3.05) is 11.3 Å². The SMILES string of the molecule is C[C@@H](COc1ccccc1)NC(=O)c1ccc(NS(=O)(=O)c2ccc(Cl)cc2)cc1. The molecule has 0 radical (unpaired) electrons. The van der Waals surface area contributed by atoms with Gasteiger partial charge in [0.05, 0.1) is 10.9 Å². The fourth-order valence-electron chi connectivity index (χ4n) is 2.60. The van der Waals surface area contributed by atoms with E-state index in [2.05, 4.69) is 10.0 Å². The van der Waals surface area contributed by atoms with E-state index in [9.17, 15) is 13.2 Å². The molecule has 0 aromatic heterocycles. The molecule has 1 atom stereocenters. The highest BCUT2D eigenvalue weighted by atomic mass is 35.5. The lowest BCUT2D eigenvalue weighted by molar-refractivity contribution is 0.0926. The Morgan fingerprint density at radius 1 is 0.967 bits per heavy atom. The van der Waals surface area contributed by atoms with Crippen LogP contribution in [0.4, 0.5) is 5.69 Å². The van der Waals surface area contributed by atoms with E-state index >= 15 is 0 Å². The quantitative estimate of drug-likeness (QED) is 0.541. The van der Waals surface area contributed by atoms with E-state index in [0.717, 1.165) is 5.75 Å². The molecule has 1 amide bonds. The Morgan fingerprint density at radius 2 is 1.60 bits per heavy atom. The zero-order valence-electron chi connectivity index (χ0n) is 16.2. The topological polar surface area (TPSA) is 84.5 Å². The van der Waals surface area contributed by atoms with Crippen molar-refractivity contribution in [3.8, 4) is 5.75 Å². The minimum atomic E-state index is -3.74. The molecule has 6 nitrogen and oxygen atoms in total. The lowest BCUT2D eigenvalue weighted by Gasteiger charge is -2.15. The van der Waals surface area contributed by atoms with Gasteiger partial charge in [-0.3, -0.25) is 9.52 Å². The summed E-state index contributed by atoms with van der Waals surface area (Å²) in [4.78, 5) is 12.5. The number of anilines is 1. The first-order valence-electron chi connectivity index (χ1n) is 9.21. The third kappa shape index (κ3) is 5.98. The van der Waals surface area contributed by atoms with Gasteiger partial charge in [-0.25, -0.2) is 8.42 Å². The maximum Gasteiger partial charge on any atom is 0.261 e. The van der Waals surface area contributed by atoms with Gasteiger partial charge in [-0.15, -0.1) is 0 Å². The summed E-state index contributed by atoms with van der Waals surface area (Å²) >= 11 is 5.79. The van der Waals surface area contributed by atoms with Crippen molar-refractivity contribution in [1.29, 1.82) is 0 Å². The highest BCUT2D eigenvalue weighted by Gasteiger charge is 2.15. The van der Waals surface area contributed by atoms with Crippen LogP contribution in [0, 0.1) is 0 Å². The zero-order valence-corrected chi connectivity index (χ0v) is 17.8. The highest BCUT2D eigenvalue weighted by Crippen LogP contribution is 2.19. The summed E-state index contributed by atoms with van der Waals surface area (Å²) in [5, 5.41) is 3.30. The van der Waals surface area contributed by atoms with Gasteiger partial charge in [0.25, 0.3) is 15.9 Å². The standard InChI is InChI=1S/C22H21ClN2O4S/c1-16(15-29-20-5-3-2-4-6-20)24-22(26)17-7-11-19(12-8-17)25-30(27,28)21-13-9-18(23)10-14-21/h2-14,16,25H,15H2,1H3,(H,24,26)/t16-/m0/s1. The van der Waals surface area contributed by atoms with Crippen molar-refractivity contribution in [2.24, 2.45) is 0 Å². The smallest absolute Gasteiger partial charge is 0.261 e. The first-order valence-corrected chi connectivity index (χ1v) is 11.1. The fraction of sp³-hybridized carbons (Fsp3) is 0.136. The largest absolute Gasteiger partial charge is 0.491 e. The van der Waals surface area contributed by atoms with Crippen LogP contribution in [0.1, 0.15) is 17.3 Å². The number of benzene rings is 3. The summed E-state index contributed by atoms with van der Waals surface area (Å²) in [5.74, 6) is 0.460. The van der Waals surface area contributed by atoms with E-state index in [1.165, 1.54) is 36.4 Å². The lowest BCUT2D eigenvalue weighted by Crippen LogP contribution is -2.36. The summed E-state index contributed by atoms with van der Waals surface area (Å²) in [7, 11) is -3.74. The van der Waals surface area contributed by atoms with Crippen LogP contribution in [0.15, 0.2) is 83.8 Å². The summed E-state index contributed by atoms with van der Waals surface area (Å²) in [6.45, 7) is 2.17. The van der Waals surface area contributed by atoms with E-state index in [4.69, 9.17) is 16.3 Å². The number of carbonyl (C=O) groups is 1. The van der Waals surface area contributed by atoms with E-state index in [-0.39, 0.29) is 16.8 Å². The van der Waals surface area contributed by atoms with Crippen molar-refractivity contribution in [2.45, 2.75) is 17.9 Å². The predicted octanol–water partition coefficient (Wildman–Crippen LogP) is 4.34. The molecule has 0 aliphatic heterocycles. The van der Waals surface area contributed by atoms with E-state index < -0.39 is 10.0 Å². The van der Waals surface area contributed by atoms with Crippen LogP contribution in [0.25, 0.3) is 0 Å². The molecule has 3 aromatic rings. The van der Waals surface area contributed by atoms with Gasteiger partial charge in [-0.1, -0.05) is 29.8 Å². The van der Waals surface area contributed by atoms with Gasteiger partial charge in [0.15, 0.2) is 0 Å². The van der Waals surface area contributed by atoms with Gasteiger partial charge in [-0.2, -0.15) is 0 Å². The van der Waals surface area contributed by atoms with Gasteiger partial charge in [-0.05, 0) is 67.6 Å². The first-order chi connectivity index (χ1) is 14.3. The van der Waals surface area contributed by atoms with Crippen molar-refractivity contribution in [3.05, 3.63) is 89.4 Å². The van der Waals surface area contributed by atoms with Crippen molar-refractivity contribution in [1.82, 2.24) is 5.32 Å². The molecular weight excluding hydrogens is 424 g/mol. The van der Waals surface area contributed by atoms with Crippen LogP contribution in [-0.2, 0) is 10.0 Å². The molecule has 8 heteroatoms. The normalized spacial score (nSPS) is 12.1. The molecule has 0 saturated carbocycles. The van der Waals surface area contributed by atoms with Crippen molar-refractivity contribution in [3.63, 3.8) is 0 Å². The summed E-state index contributed by atoms with van der Waals surface area (Å²) in [6, 6.07) is 21.2. The maximum absolute atomic E-state index is 12.4. The molecule has 0 fully saturated rings. The van der Waals surface area contributed by atoms with E-state index in [0.29, 0.717) is 22.9 Å². The van der Waals surface area contributed by atoms with Gasteiger partial charge in [0, 0.05) is 16.3 Å². The fourth-order valence-corrected chi connectivity index (χ4v) is 3.79. The number of carbonyl (C=O) groups excluding carboxylic acids is 1. The summed E-state index contributed by atoms with van der Waals surface area (Å²) in [5.41, 5.74) is 0.762. The summed E-state index contributed by atoms with van der Waals surface area (Å²) < 4.78 is 32.9. The molecule has 0 aliphatic carbocycles. The number of para-hydroxylation sites is 1. The third-order valence-corrected chi connectivity index (χ3v) is 5.79. The van der Waals surface area contributed by atoms with Crippen LogP contribution in [-0.4, -0.2) is 27.0 Å². The molecule has 0 heterocycles. The number of rotatable bonds is 8. The van der Waals surface area contributed by atoms with Crippen molar-refractivity contribution >= 4 is 33.2 Å². The number of hydrogen-bond acceptors (Lipinski definition) is 4. The van der Waals surface area contributed by atoms with Gasteiger partial charge >= 0.3 is 0 Å². The number of hydrogen-bond donors (Lipinski definition) is 2. The minimum Gasteiger partial charge on any atom is -0.491 e. The number of ether oxygens (including phenoxy) is 1. The second-order valence-corrected chi connectivity index (χ2v) is 8.75. The van der Waals surface area contributed by atoms with Crippen LogP contribution in [0.5, 0.6) is 5.75 Å². The monoisotopic (exact) mass is 444 g/mol. The molecular formula is C22H21ClN2O4S. The average Bonchev–Trinajstić information content (AvgIpc) is 2.73. The molecule has 0 spiro atoms. The number of nitrogens with one attached hydrogen (secondary N) is 2. The Balaban J connectivity index is 1.56. The Morgan fingerprint density at radius 3 is 2.23 bits per heavy atom. The van der Waals surface area contributed by atoms with Crippen LogP contribution < -0.4 is 14.8 Å². The van der Waals surface area contributed by atoms with Crippen LogP contribution in [0.3, 0.4) is 0 Å². The molecule has 0 aliphatic rings. The molecule has 156 valence electrons. The first kappa shape index (κ1) is 21.7. The molecule has 2 N–H and O–H groups in total. The average molecular weight is 445 g/mol. The maximum atomic E-state index is 12.4. The molecule has 3 rings (SSSR count). The predicted molar refractivity (Wildman–Crippen MR) is 118 cm³/mol. The minimum absolute atomic E-state index is 0.0981. The second kappa shape index (κ2) is 9.65. The molecule has 0 unspecified atom stereocenters. The van der Waals surface area contributed by atoms with E-state index in [1.807, 2.05) is 37.3 Å². The van der Waals surface area contributed by atoms with Crippen molar-refractivity contribution < 1.29 is 17.9 Å². The Labute approximate surface area is 180 Å². The van der Waals surface area contributed by atoms with Crippen LogP contribution in [0.2, 0.25) is 5.02 Å². The molecule has 0 saturated heterocycles. The summed E-state index contributed by atoms with van der Waals surface area (Å²) in [6.07, 6.45) is 0. The third-order valence-electron chi connectivity index (χ3n) is 4.14. The zero-order chi connectivity index (χ0) is 21.6. The van der Waals surface area contributed by atoms with E-state index in [1.54, 1.807) is 12.1 Å². The molecule has 30 heavy (non-hydrogen) atoms. The molecule has 0 bridgehead atoms. The van der Waals surface area contributed by atoms with Crippen LogP contribution >= 0.6 is 11.6 Å². The Hall–Kier alpha value is -3.03. The Bertz CT molecular complexity index is 1090.